The third-order valence-corrected chi connectivity index (χ3v) is 4.46. The van der Waals surface area contributed by atoms with Crippen LogP contribution in [0.5, 0.6) is 0 Å². The lowest BCUT2D eigenvalue weighted by molar-refractivity contribution is -0.0807. The quantitative estimate of drug-likeness (QED) is 0.879. The monoisotopic (exact) mass is 328 g/mol. The normalized spacial score (nSPS) is 16.8. The maximum Gasteiger partial charge on any atom is 0.180 e. The molecule has 24 heavy (non-hydrogen) atoms. The first kappa shape index (κ1) is 16.8. The van der Waals surface area contributed by atoms with Crippen molar-refractivity contribution in [3.8, 4) is 11.5 Å². The van der Waals surface area contributed by atoms with E-state index in [0.29, 0.717) is 12.4 Å². The number of nitrogens with zero attached hydrogens (tertiary/aromatic N) is 3. The van der Waals surface area contributed by atoms with Crippen molar-refractivity contribution in [1.82, 2.24) is 15.0 Å². The van der Waals surface area contributed by atoms with Crippen LogP contribution in [0, 0.1) is 0 Å². The number of nitrogens with one attached hydrogen (secondary N) is 1. The number of ether oxygens (including phenoxy) is 2. The summed E-state index contributed by atoms with van der Waals surface area (Å²) < 4.78 is 11.2. The summed E-state index contributed by atoms with van der Waals surface area (Å²) in [6.07, 6.45) is 4.37. The minimum Gasteiger partial charge on any atom is -0.381 e. The van der Waals surface area contributed by atoms with Crippen molar-refractivity contribution < 1.29 is 9.47 Å². The molecule has 1 fully saturated rings. The Hall–Kier alpha value is -2.05. The van der Waals surface area contributed by atoms with E-state index in [4.69, 9.17) is 9.47 Å². The van der Waals surface area contributed by atoms with E-state index in [1.807, 2.05) is 24.3 Å². The minimum absolute atomic E-state index is 0.194. The van der Waals surface area contributed by atoms with Crippen molar-refractivity contribution in [2.24, 2.45) is 0 Å². The number of methoxy groups -OCH3 is 1. The fourth-order valence-corrected chi connectivity index (χ4v) is 2.83. The lowest BCUT2D eigenvalue weighted by Crippen LogP contribution is -2.44. The van der Waals surface area contributed by atoms with E-state index in [0.717, 1.165) is 49.7 Å². The summed E-state index contributed by atoms with van der Waals surface area (Å²) >= 11 is 0. The number of anilines is 1. The molecule has 0 aliphatic carbocycles. The molecule has 3 rings (SSSR count). The Kier molecular flexibility index (Phi) is 5.37. The van der Waals surface area contributed by atoms with Crippen molar-refractivity contribution in [2.45, 2.75) is 31.8 Å². The van der Waals surface area contributed by atoms with E-state index in [1.165, 1.54) is 0 Å². The summed E-state index contributed by atoms with van der Waals surface area (Å²) in [6, 6.07) is 7.75. The van der Waals surface area contributed by atoms with Crippen molar-refractivity contribution in [3.05, 3.63) is 36.2 Å². The molecule has 0 atom stereocenters. The Bertz CT molecular complexity index is 657. The molecule has 3 heterocycles. The molecule has 2 aromatic rings. The Balaban J connectivity index is 1.80. The SMILES string of the molecule is CCc1cc(NCC2(OC)CCOCC2)nc(-c2ccccn2)n1. The third kappa shape index (κ3) is 3.88. The first-order chi connectivity index (χ1) is 11.7. The molecule has 0 radical (unpaired) electrons. The molecule has 1 aliphatic rings. The van der Waals surface area contributed by atoms with Crippen LogP contribution in [0.1, 0.15) is 25.5 Å². The van der Waals surface area contributed by atoms with Crippen molar-refractivity contribution in [1.29, 1.82) is 0 Å². The predicted molar refractivity (Wildman–Crippen MR) is 92.9 cm³/mol. The number of hydrogen-bond acceptors (Lipinski definition) is 6. The van der Waals surface area contributed by atoms with Gasteiger partial charge in [-0.1, -0.05) is 13.0 Å². The summed E-state index contributed by atoms with van der Waals surface area (Å²) in [6.45, 7) is 4.26. The van der Waals surface area contributed by atoms with Gasteiger partial charge in [-0.25, -0.2) is 9.97 Å². The Morgan fingerprint density at radius 3 is 2.75 bits per heavy atom. The highest BCUT2D eigenvalue weighted by Crippen LogP contribution is 2.25. The minimum atomic E-state index is -0.194. The maximum atomic E-state index is 5.77. The zero-order chi connectivity index (χ0) is 16.8. The molecule has 0 amide bonds. The van der Waals surface area contributed by atoms with Gasteiger partial charge in [0.15, 0.2) is 5.82 Å². The van der Waals surface area contributed by atoms with Gasteiger partial charge in [0.2, 0.25) is 0 Å². The number of rotatable bonds is 6. The molecule has 0 aromatic carbocycles. The van der Waals surface area contributed by atoms with E-state index >= 15 is 0 Å². The topological polar surface area (TPSA) is 69.2 Å². The molecule has 0 bridgehead atoms. The molecule has 1 N–H and O–H groups in total. The lowest BCUT2D eigenvalue weighted by Gasteiger charge is -2.36. The van der Waals surface area contributed by atoms with Crippen LogP contribution in [0.4, 0.5) is 5.82 Å². The third-order valence-electron chi connectivity index (χ3n) is 4.46. The standard InChI is InChI=1S/C18H24N4O2/c1-3-14-12-16(20-13-18(23-2)7-10-24-11-8-18)22-17(21-14)15-6-4-5-9-19-15/h4-6,9,12H,3,7-8,10-11,13H2,1-2H3,(H,20,21,22). The van der Waals surface area contributed by atoms with E-state index in [-0.39, 0.29) is 5.60 Å². The number of aromatic nitrogens is 3. The molecule has 6 nitrogen and oxygen atoms in total. The van der Waals surface area contributed by atoms with Crippen LogP contribution in [0.15, 0.2) is 30.5 Å². The van der Waals surface area contributed by atoms with Crippen molar-refractivity contribution in [2.75, 3.05) is 32.2 Å². The van der Waals surface area contributed by atoms with Gasteiger partial charge in [-0.05, 0) is 18.6 Å². The van der Waals surface area contributed by atoms with Gasteiger partial charge in [0.1, 0.15) is 11.5 Å². The van der Waals surface area contributed by atoms with Gasteiger partial charge in [-0.15, -0.1) is 0 Å². The van der Waals surface area contributed by atoms with Crippen LogP contribution >= 0.6 is 0 Å². The first-order valence-corrected chi connectivity index (χ1v) is 8.41. The highest BCUT2D eigenvalue weighted by Gasteiger charge is 2.32. The molecule has 2 aromatic heterocycles. The number of hydrogen-bond donors (Lipinski definition) is 1. The second-order valence-corrected chi connectivity index (χ2v) is 5.99. The van der Waals surface area contributed by atoms with Crippen LogP contribution in [0.2, 0.25) is 0 Å². The number of pyridine rings is 1. The van der Waals surface area contributed by atoms with Gasteiger partial charge >= 0.3 is 0 Å². The molecular weight excluding hydrogens is 304 g/mol. The van der Waals surface area contributed by atoms with Crippen LogP contribution in [0.25, 0.3) is 11.5 Å². The molecule has 1 saturated heterocycles. The Morgan fingerprint density at radius 2 is 2.08 bits per heavy atom. The highest BCUT2D eigenvalue weighted by molar-refractivity contribution is 5.53. The van der Waals surface area contributed by atoms with E-state index in [2.05, 4.69) is 27.2 Å². The predicted octanol–water partition coefficient (Wildman–Crippen LogP) is 2.71. The summed E-state index contributed by atoms with van der Waals surface area (Å²) in [7, 11) is 1.77. The molecule has 0 unspecified atom stereocenters. The molecule has 6 heteroatoms. The van der Waals surface area contributed by atoms with Gasteiger partial charge < -0.3 is 14.8 Å². The van der Waals surface area contributed by atoms with Crippen molar-refractivity contribution >= 4 is 5.82 Å². The van der Waals surface area contributed by atoms with Crippen molar-refractivity contribution in [3.63, 3.8) is 0 Å². The largest absolute Gasteiger partial charge is 0.381 e. The fraction of sp³-hybridized carbons (Fsp3) is 0.500. The molecule has 128 valence electrons. The second kappa shape index (κ2) is 7.68. The molecule has 0 spiro atoms. The molecular formula is C18H24N4O2. The average molecular weight is 328 g/mol. The summed E-state index contributed by atoms with van der Waals surface area (Å²) in [5.41, 5.74) is 1.58. The smallest absolute Gasteiger partial charge is 0.180 e. The van der Waals surface area contributed by atoms with Crippen LogP contribution < -0.4 is 5.32 Å². The van der Waals surface area contributed by atoms with E-state index < -0.39 is 0 Å². The maximum absolute atomic E-state index is 5.77. The summed E-state index contributed by atoms with van der Waals surface area (Å²) in [4.78, 5) is 13.6. The molecule has 1 aliphatic heterocycles. The van der Waals surface area contributed by atoms with Gasteiger partial charge in [0.25, 0.3) is 0 Å². The van der Waals surface area contributed by atoms with Gasteiger partial charge in [0.05, 0.1) is 5.60 Å². The average Bonchev–Trinajstić information content (AvgIpc) is 2.67. The van der Waals surface area contributed by atoms with Crippen LogP contribution in [0.3, 0.4) is 0 Å². The van der Waals surface area contributed by atoms with Gasteiger partial charge in [0, 0.05) is 57.7 Å². The number of aryl methyl sites for hydroxylation is 1. The van der Waals surface area contributed by atoms with Gasteiger partial charge in [-0.3, -0.25) is 4.98 Å². The zero-order valence-corrected chi connectivity index (χ0v) is 14.3. The Labute approximate surface area is 142 Å². The van der Waals surface area contributed by atoms with Crippen LogP contribution in [-0.4, -0.2) is 47.4 Å². The highest BCUT2D eigenvalue weighted by atomic mass is 16.5. The zero-order valence-electron chi connectivity index (χ0n) is 14.3. The fourth-order valence-electron chi connectivity index (χ4n) is 2.83. The van der Waals surface area contributed by atoms with Gasteiger partial charge in [-0.2, -0.15) is 0 Å². The van der Waals surface area contributed by atoms with E-state index in [9.17, 15) is 0 Å². The first-order valence-electron chi connectivity index (χ1n) is 8.41. The summed E-state index contributed by atoms with van der Waals surface area (Å²) in [5, 5.41) is 3.43. The van der Waals surface area contributed by atoms with Crippen LogP contribution in [-0.2, 0) is 15.9 Å². The van der Waals surface area contributed by atoms with E-state index in [1.54, 1.807) is 13.3 Å². The summed E-state index contributed by atoms with van der Waals surface area (Å²) in [5.74, 6) is 1.46. The second-order valence-electron chi connectivity index (χ2n) is 5.99. The lowest BCUT2D eigenvalue weighted by atomic mass is 9.94. The Morgan fingerprint density at radius 1 is 1.25 bits per heavy atom. The molecule has 0 saturated carbocycles.